The number of anilines is 1. The van der Waals surface area contributed by atoms with Crippen LogP contribution in [-0.4, -0.2) is 20.4 Å². The van der Waals surface area contributed by atoms with Crippen molar-refractivity contribution in [1.82, 2.24) is 14.5 Å². The van der Waals surface area contributed by atoms with Crippen LogP contribution >= 0.6 is 34.3 Å². The zero-order valence-electron chi connectivity index (χ0n) is 14.3. The number of thiazole rings is 1. The van der Waals surface area contributed by atoms with E-state index in [9.17, 15) is 9.59 Å². The second-order valence-electron chi connectivity index (χ2n) is 5.81. The molecule has 0 saturated carbocycles. The van der Waals surface area contributed by atoms with Crippen LogP contribution in [0.3, 0.4) is 0 Å². The van der Waals surface area contributed by atoms with Crippen LogP contribution < -0.4 is 10.9 Å². The largest absolute Gasteiger partial charge is 0.324 e. The van der Waals surface area contributed by atoms with Gasteiger partial charge in [-0.05, 0) is 29.6 Å². The molecule has 4 aromatic rings. The number of nitrogens with zero attached hydrogens (tertiary/aromatic N) is 3. The van der Waals surface area contributed by atoms with Crippen molar-refractivity contribution >= 4 is 45.9 Å². The van der Waals surface area contributed by atoms with E-state index in [2.05, 4.69) is 15.3 Å². The standard InChI is InChI=1S/C19H13ClN4O2S2/c20-12-3-1-4-13(7-12)22-17(25)9-24-11-21-8-14(19(24)26)18-23-15(10-28-18)16-5-2-6-27-16/h1-8,10-11H,9H2,(H,22,25). The number of carbonyl (C=O) groups excluding carboxylic acids is 1. The predicted octanol–water partition coefficient (Wildman–Crippen LogP) is 4.39. The fourth-order valence-corrected chi connectivity index (χ4v) is 4.34. The summed E-state index contributed by atoms with van der Waals surface area (Å²) in [6, 6.07) is 10.7. The van der Waals surface area contributed by atoms with Crippen molar-refractivity contribution in [3.8, 4) is 21.1 Å². The SMILES string of the molecule is O=C(Cn1cncc(-c2nc(-c3cccs3)cs2)c1=O)Nc1cccc(Cl)c1. The number of nitrogens with one attached hydrogen (secondary N) is 1. The Morgan fingerprint density at radius 1 is 1.21 bits per heavy atom. The quantitative estimate of drug-likeness (QED) is 0.511. The summed E-state index contributed by atoms with van der Waals surface area (Å²) >= 11 is 8.88. The van der Waals surface area contributed by atoms with Crippen LogP contribution in [0.2, 0.25) is 5.02 Å². The lowest BCUT2D eigenvalue weighted by molar-refractivity contribution is -0.116. The molecular weight excluding hydrogens is 416 g/mol. The van der Waals surface area contributed by atoms with Crippen LogP contribution in [-0.2, 0) is 11.3 Å². The Morgan fingerprint density at radius 2 is 2.11 bits per heavy atom. The lowest BCUT2D eigenvalue weighted by Gasteiger charge is -2.08. The maximum absolute atomic E-state index is 12.8. The Balaban J connectivity index is 1.55. The molecule has 0 fully saturated rings. The van der Waals surface area contributed by atoms with E-state index < -0.39 is 0 Å². The monoisotopic (exact) mass is 428 g/mol. The molecule has 0 unspecified atom stereocenters. The van der Waals surface area contributed by atoms with E-state index in [4.69, 9.17) is 11.6 Å². The third kappa shape index (κ3) is 4.04. The predicted molar refractivity (Wildman–Crippen MR) is 113 cm³/mol. The van der Waals surface area contributed by atoms with Gasteiger partial charge in [-0.15, -0.1) is 22.7 Å². The second-order valence-corrected chi connectivity index (χ2v) is 8.06. The Bertz CT molecular complexity index is 1180. The number of amides is 1. The van der Waals surface area contributed by atoms with E-state index in [-0.39, 0.29) is 18.0 Å². The Morgan fingerprint density at radius 3 is 2.89 bits per heavy atom. The zero-order valence-corrected chi connectivity index (χ0v) is 16.7. The Kier molecular flexibility index (Phi) is 5.34. The van der Waals surface area contributed by atoms with Gasteiger partial charge in [-0.1, -0.05) is 23.7 Å². The van der Waals surface area contributed by atoms with Crippen molar-refractivity contribution in [2.24, 2.45) is 0 Å². The normalized spacial score (nSPS) is 10.8. The van der Waals surface area contributed by atoms with Crippen LogP contribution in [0, 0.1) is 0 Å². The van der Waals surface area contributed by atoms with Gasteiger partial charge in [0, 0.05) is 22.3 Å². The van der Waals surface area contributed by atoms with Crippen molar-refractivity contribution in [2.75, 3.05) is 5.32 Å². The minimum atomic E-state index is -0.346. The molecule has 1 amide bonds. The van der Waals surface area contributed by atoms with Crippen LogP contribution in [0.15, 0.2) is 64.5 Å². The number of carbonyl (C=O) groups is 1. The van der Waals surface area contributed by atoms with E-state index in [0.29, 0.717) is 21.3 Å². The summed E-state index contributed by atoms with van der Waals surface area (Å²) in [4.78, 5) is 34.8. The molecule has 28 heavy (non-hydrogen) atoms. The number of benzene rings is 1. The van der Waals surface area contributed by atoms with Gasteiger partial charge >= 0.3 is 0 Å². The van der Waals surface area contributed by atoms with Crippen molar-refractivity contribution in [3.05, 3.63) is 75.1 Å². The maximum atomic E-state index is 12.8. The van der Waals surface area contributed by atoms with Crippen LogP contribution in [0.5, 0.6) is 0 Å². The molecule has 0 saturated heterocycles. The minimum absolute atomic E-state index is 0.157. The molecule has 0 atom stereocenters. The molecule has 3 aromatic heterocycles. The third-order valence-corrected chi connectivity index (χ3v) is 5.83. The third-order valence-electron chi connectivity index (χ3n) is 3.83. The summed E-state index contributed by atoms with van der Waals surface area (Å²) in [7, 11) is 0. The number of halogens is 1. The summed E-state index contributed by atoms with van der Waals surface area (Å²) < 4.78 is 1.27. The van der Waals surface area contributed by atoms with E-state index in [1.54, 1.807) is 35.6 Å². The average Bonchev–Trinajstić information content (AvgIpc) is 3.35. The van der Waals surface area contributed by atoms with E-state index in [0.717, 1.165) is 10.6 Å². The highest BCUT2D eigenvalue weighted by molar-refractivity contribution is 7.15. The van der Waals surface area contributed by atoms with Crippen molar-refractivity contribution in [1.29, 1.82) is 0 Å². The molecule has 1 aromatic carbocycles. The summed E-state index contributed by atoms with van der Waals surface area (Å²) in [6.45, 7) is -0.157. The first-order chi connectivity index (χ1) is 13.6. The minimum Gasteiger partial charge on any atom is -0.324 e. The first kappa shape index (κ1) is 18.5. The highest BCUT2D eigenvalue weighted by atomic mass is 35.5. The van der Waals surface area contributed by atoms with Crippen LogP contribution in [0.1, 0.15) is 0 Å². The molecule has 140 valence electrons. The van der Waals surface area contributed by atoms with Gasteiger partial charge in [0.05, 0.1) is 22.5 Å². The maximum Gasteiger partial charge on any atom is 0.264 e. The summed E-state index contributed by atoms with van der Waals surface area (Å²) in [5.41, 5.74) is 1.44. The number of hydrogen-bond donors (Lipinski definition) is 1. The molecule has 1 N–H and O–H groups in total. The summed E-state index contributed by atoms with van der Waals surface area (Å²) in [6.07, 6.45) is 2.82. The Labute approximate surface area is 173 Å². The van der Waals surface area contributed by atoms with Gasteiger partial charge in [0.15, 0.2) is 0 Å². The lowest BCUT2D eigenvalue weighted by atomic mass is 10.3. The molecule has 3 heterocycles. The topological polar surface area (TPSA) is 76.9 Å². The molecule has 4 rings (SSSR count). The lowest BCUT2D eigenvalue weighted by Crippen LogP contribution is -2.28. The van der Waals surface area contributed by atoms with Crippen molar-refractivity contribution in [2.45, 2.75) is 6.54 Å². The van der Waals surface area contributed by atoms with Gasteiger partial charge in [-0.3, -0.25) is 14.2 Å². The summed E-state index contributed by atoms with van der Waals surface area (Å²) in [5, 5.41) is 7.69. The Hall–Kier alpha value is -2.81. The number of thiophene rings is 1. The summed E-state index contributed by atoms with van der Waals surface area (Å²) in [5.74, 6) is -0.346. The molecule has 0 aliphatic heterocycles. The highest BCUT2D eigenvalue weighted by Gasteiger charge is 2.14. The van der Waals surface area contributed by atoms with Crippen LogP contribution in [0.4, 0.5) is 5.69 Å². The number of aromatic nitrogens is 3. The van der Waals surface area contributed by atoms with Crippen LogP contribution in [0.25, 0.3) is 21.1 Å². The van der Waals surface area contributed by atoms with Crippen molar-refractivity contribution < 1.29 is 4.79 Å². The molecule has 9 heteroatoms. The van der Waals surface area contributed by atoms with E-state index in [1.165, 1.54) is 28.4 Å². The van der Waals surface area contributed by atoms with Gasteiger partial charge in [-0.2, -0.15) is 0 Å². The molecule has 0 spiro atoms. The highest BCUT2D eigenvalue weighted by Crippen LogP contribution is 2.29. The first-order valence-electron chi connectivity index (χ1n) is 8.20. The molecule has 0 aliphatic carbocycles. The van der Waals surface area contributed by atoms with Gasteiger partial charge in [0.25, 0.3) is 5.56 Å². The molecule has 0 aliphatic rings. The van der Waals surface area contributed by atoms with E-state index >= 15 is 0 Å². The van der Waals surface area contributed by atoms with Gasteiger partial charge in [0.2, 0.25) is 5.91 Å². The molecule has 6 nitrogen and oxygen atoms in total. The molecule has 0 radical (unpaired) electrons. The van der Waals surface area contributed by atoms with Crippen molar-refractivity contribution in [3.63, 3.8) is 0 Å². The molecular formula is C19H13ClN4O2S2. The first-order valence-corrected chi connectivity index (χ1v) is 10.3. The van der Waals surface area contributed by atoms with Gasteiger partial charge in [0.1, 0.15) is 11.6 Å². The van der Waals surface area contributed by atoms with Gasteiger partial charge in [-0.25, -0.2) is 9.97 Å². The second kappa shape index (κ2) is 8.05. The van der Waals surface area contributed by atoms with Gasteiger partial charge < -0.3 is 5.32 Å². The zero-order chi connectivity index (χ0) is 19.5. The number of hydrogen-bond acceptors (Lipinski definition) is 6. The average molecular weight is 429 g/mol. The molecule has 0 bridgehead atoms. The fourth-order valence-electron chi connectivity index (χ4n) is 2.57. The smallest absolute Gasteiger partial charge is 0.264 e. The fraction of sp³-hybridized carbons (Fsp3) is 0.0526. The number of rotatable bonds is 5. The van der Waals surface area contributed by atoms with E-state index in [1.807, 2.05) is 22.9 Å².